The number of aliphatic carboxylic acids is 1. The zero-order valence-electron chi connectivity index (χ0n) is 11.6. The Kier molecular flexibility index (Phi) is 4.31. The van der Waals surface area contributed by atoms with Crippen LogP contribution in [0.25, 0.3) is 0 Å². The molecule has 0 bridgehead atoms. The molecule has 114 valence electrons. The Morgan fingerprint density at radius 3 is 2.55 bits per heavy atom. The molecule has 1 aromatic heterocycles. The number of benzene rings is 1. The van der Waals surface area contributed by atoms with Crippen molar-refractivity contribution in [2.75, 3.05) is 13.1 Å². The number of hydrogen-bond acceptors (Lipinski definition) is 3. The standard InChI is InChI=1S/C16H14BrNO3S/c17-14-6-11(9-22-14)15(19)18-7-12(13(8-18)16(20)21)10-4-2-1-3-5-10/h1-6,9,12-13H,7-8H2,(H,20,21)/t12-,13-/m1/s1. The van der Waals surface area contributed by atoms with Crippen LogP contribution in [0.5, 0.6) is 0 Å². The topological polar surface area (TPSA) is 57.6 Å². The van der Waals surface area contributed by atoms with Gasteiger partial charge in [0, 0.05) is 24.4 Å². The first-order valence-corrected chi connectivity index (χ1v) is 8.54. The van der Waals surface area contributed by atoms with Gasteiger partial charge in [-0.25, -0.2) is 0 Å². The van der Waals surface area contributed by atoms with Crippen molar-refractivity contribution in [2.24, 2.45) is 5.92 Å². The Labute approximate surface area is 140 Å². The molecule has 1 aromatic carbocycles. The zero-order chi connectivity index (χ0) is 15.7. The lowest BCUT2D eigenvalue weighted by Crippen LogP contribution is -2.29. The second-order valence-electron chi connectivity index (χ2n) is 5.31. The fourth-order valence-electron chi connectivity index (χ4n) is 2.86. The predicted octanol–water partition coefficient (Wildman–Crippen LogP) is 3.45. The van der Waals surface area contributed by atoms with Crippen molar-refractivity contribution in [3.63, 3.8) is 0 Å². The third kappa shape index (κ3) is 2.94. The van der Waals surface area contributed by atoms with E-state index in [1.807, 2.05) is 30.3 Å². The Morgan fingerprint density at radius 1 is 1.23 bits per heavy atom. The lowest BCUT2D eigenvalue weighted by atomic mass is 9.89. The number of carbonyl (C=O) groups is 2. The minimum Gasteiger partial charge on any atom is -0.481 e. The highest BCUT2D eigenvalue weighted by atomic mass is 79.9. The fourth-order valence-corrected chi connectivity index (χ4v) is 3.99. The Bertz CT molecular complexity index is 700. The molecule has 22 heavy (non-hydrogen) atoms. The van der Waals surface area contributed by atoms with Gasteiger partial charge in [0.2, 0.25) is 0 Å². The first kappa shape index (κ1) is 15.2. The number of hydrogen-bond donors (Lipinski definition) is 1. The molecule has 3 rings (SSSR count). The van der Waals surface area contributed by atoms with Gasteiger partial charge in [0.05, 0.1) is 15.3 Å². The van der Waals surface area contributed by atoms with E-state index in [0.29, 0.717) is 12.1 Å². The van der Waals surface area contributed by atoms with Crippen LogP contribution in [0.2, 0.25) is 0 Å². The highest BCUT2D eigenvalue weighted by molar-refractivity contribution is 9.11. The van der Waals surface area contributed by atoms with Crippen LogP contribution in [0, 0.1) is 5.92 Å². The summed E-state index contributed by atoms with van der Waals surface area (Å²) in [6, 6.07) is 11.3. The number of carboxylic acids is 1. The van der Waals surface area contributed by atoms with E-state index in [-0.39, 0.29) is 18.4 Å². The zero-order valence-corrected chi connectivity index (χ0v) is 14.0. The van der Waals surface area contributed by atoms with E-state index < -0.39 is 11.9 Å². The summed E-state index contributed by atoms with van der Waals surface area (Å²) in [4.78, 5) is 25.7. The number of amides is 1. The monoisotopic (exact) mass is 379 g/mol. The summed E-state index contributed by atoms with van der Waals surface area (Å²) < 4.78 is 0.893. The molecule has 0 spiro atoms. The molecule has 4 nitrogen and oxygen atoms in total. The summed E-state index contributed by atoms with van der Waals surface area (Å²) in [7, 11) is 0. The minimum atomic E-state index is -0.851. The fraction of sp³-hybridized carbons (Fsp3) is 0.250. The Morgan fingerprint density at radius 2 is 1.95 bits per heavy atom. The van der Waals surface area contributed by atoms with Gasteiger partial charge in [-0.2, -0.15) is 0 Å². The smallest absolute Gasteiger partial charge is 0.308 e. The normalized spacial score (nSPS) is 21.0. The molecule has 1 aliphatic heterocycles. The van der Waals surface area contributed by atoms with Gasteiger partial charge >= 0.3 is 5.97 Å². The third-order valence-electron chi connectivity index (χ3n) is 3.97. The minimum absolute atomic E-state index is 0.105. The SMILES string of the molecule is O=C(O)[C@@H]1CN(C(=O)c2csc(Br)c2)C[C@@H]1c1ccccc1. The van der Waals surface area contributed by atoms with Crippen LogP contribution in [0.1, 0.15) is 21.8 Å². The molecule has 2 atom stereocenters. The number of rotatable bonds is 3. The van der Waals surface area contributed by atoms with Crippen molar-refractivity contribution in [1.29, 1.82) is 0 Å². The summed E-state index contributed by atoms with van der Waals surface area (Å²) in [6.07, 6.45) is 0. The third-order valence-corrected chi connectivity index (χ3v) is 5.47. The lowest BCUT2D eigenvalue weighted by molar-refractivity contribution is -0.141. The van der Waals surface area contributed by atoms with Crippen LogP contribution < -0.4 is 0 Å². The first-order chi connectivity index (χ1) is 10.6. The number of likely N-dealkylation sites (tertiary alicyclic amines) is 1. The number of thiophene rings is 1. The van der Waals surface area contributed by atoms with Crippen molar-refractivity contribution in [1.82, 2.24) is 4.90 Å². The second kappa shape index (κ2) is 6.22. The molecule has 2 aromatic rings. The van der Waals surface area contributed by atoms with E-state index in [1.54, 1.807) is 16.3 Å². The summed E-state index contributed by atoms with van der Waals surface area (Å²) in [6.45, 7) is 0.689. The number of carbonyl (C=O) groups excluding carboxylic acids is 1. The maximum Gasteiger partial charge on any atom is 0.308 e. The van der Waals surface area contributed by atoms with Gasteiger partial charge in [-0.1, -0.05) is 30.3 Å². The predicted molar refractivity (Wildman–Crippen MR) is 88.2 cm³/mol. The average Bonchev–Trinajstić information content (AvgIpc) is 3.14. The van der Waals surface area contributed by atoms with Crippen molar-refractivity contribution in [2.45, 2.75) is 5.92 Å². The van der Waals surface area contributed by atoms with Gasteiger partial charge in [0.15, 0.2) is 0 Å². The maximum atomic E-state index is 12.5. The Balaban J connectivity index is 1.84. The van der Waals surface area contributed by atoms with E-state index in [4.69, 9.17) is 0 Å². The van der Waals surface area contributed by atoms with Gasteiger partial charge < -0.3 is 10.0 Å². The average molecular weight is 380 g/mol. The molecule has 1 N–H and O–H groups in total. The van der Waals surface area contributed by atoms with Crippen molar-refractivity contribution in [3.8, 4) is 0 Å². The number of nitrogens with zero attached hydrogens (tertiary/aromatic N) is 1. The Hall–Kier alpha value is -1.66. The molecule has 2 heterocycles. The second-order valence-corrected chi connectivity index (χ2v) is 7.60. The van der Waals surface area contributed by atoms with Crippen LogP contribution in [0.4, 0.5) is 0 Å². The molecular formula is C16H14BrNO3S. The van der Waals surface area contributed by atoms with E-state index in [0.717, 1.165) is 9.35 Å². The van der Waals surface area contributed by atoms with Crippen LogP contribution >= 0.6 is 27.3 Å². The van der Waals surface area contributed by atoms with E-state index in [9.17, 15) is 14.7 Å². The molecule has 1 saturated heterocycles. The lowest BCUT2D eigenvalue weighted by Gasteiger charge is -2.15. The van der Waals surface area contributed by atoms with Crippen LogP contribution in [0.3, 0.4) is 0 Å². The van der Waals surface area contributed by atoms with Crippen molar-refractivity contribution < 1.29 is 14.7 Å². The van der Waals surface area contributed by atoms with E-state index in [2.05, 4.69) is 15.9 Å². The highest BCUT2D eigenvalue weighted by Gasteiger charge is 2.40. The molecule has 0 saturated carbocycles. The molecule has 6 heteroatoms. The summed E-state index contributed by atoms with van der Waals surface area (Å²) in [5.74, 6) is -1.68. The number of carboxylic acid groups (broad SMARTS) is 1. The van der Waals surface area contributed by atoms with E-state index in [1.165, 1.54) is 11.3 Å². The molecule has 0 aliphatic carbocycles. The maximum absolute atomic E-state index is 12.5. The van der Waals surface area contributed by atoms with Gasteiger partial charge in [-0.15, -0.1) is 11.3 Å². The van der Waals surface area contributed by atoms with Crippen molar-refractivity contribution >= 4 is 39.1 Å². The molecule has 0 unspecified atom stereocenters. The summed E-state index contributed by atoms with van der Waals surface area (Å²) in [5.41, 5.74) is 1.58. The van der Waals surface area contributed by atoms with Gasteiger partial charge in [0.25, 0.3) is 5.91 Å². The number of halogens is 1. The molecule has 1 aliphatic rings. The van der Waals surface area contributed by atoms with Crippen LogP contribution in [-0.4, -0.2) is 35.0 Å². The molecule has 0 radical (unpaired) electrons. The van der Waals surface area contributed by atoms with E-state index >= 15 is 0 Å². The molecule has 1 fully saturated rings. The van der Waals surface area contributed by atoms with Gasteiger partial charge in [0.1, 0.15) is 0 Å². The van der Waals surface area contributed by atoms with Crippen molar-refractivity contribution in [3.05, 3.63) is 56.7 Å². The first-order valence-electron chi connectivity index (χ1n) is 6.87. The quantitative estimate of drug-likeness (QED) is 0.888. The summed E-state index contributed by atoms with van der Waals surface area (Å²) in [5, 5.41) is 11.3. The van der Waals surface area contributed by atoms with Gasteiger partial charge in [-0.05, 0) is 27.6 Å². The largest absolute Gasteiger partial charge is 0.481 e. The summed E-state index contributed by atoms with van der Waals surface area (Å²) >= 11 is 4.80. The highest BCUT2D eigenvalue weighted by Crippen LogP contribution is 2.34. The van der Waals surface area contributed by atoms with Crippen LogP contribution in [-0.2, 0) is 4.79 Å². The molecule has 1 amide bonds. The van der Waals surface area contributed by atoms with Crippen LogP contribution in [0.15, 0.2) is 45.6 Å². The van der Waals surface area contributed by atoms with Gasteiger partial charge in [-0.3, -0.25) is 9.59 Å². The molecular weight excluding hydrogens is 366 g/mol.